The van der Waals surface area contributed by atoms with E-state index < -0.39 is 15.9 Å². The van der Waals surface area contributed by atoms with Gasteiger partial charge in [-0.15, -0.1) is 11.3 Å². The maximum absolute atomic E-state index is 12.4. The number of aromatic amines is 1. The number of aromatic nitrogens is 2. The molecular weight excluding hydrogens is 386 g/mol. The molecule has 0 unspecified atom stereocenters. The molecule has 0 atom stereocenters. The summed E-state index contributed by atoms with van der Waals surface area (Å²) >= 11 is 1.27. The molecule has 2 heterocycles. The number of nitriles is 1. The van der Waals surface area contributed by atoms with E-state index in [1.165, 1.54) is 35.6 Å². The second-order valence-electron chi connectivity index (χ2n) is 5.41. The first kappa shape index (κ1) is 18.8. The van der Waals surface area contributed by atoms with Gasteiger partial charge in [-0.2, -0.15) is 5.26 Å². The van der Waals surface area contributed by atoms with E-state index in [1.54, 1.807) is 11.6 Å². The second kappa shape index (κ2) is 8.13. The van der Waals surface area contributed by atoms with Crippen LogP contribution < -0.4 is 10.0 Å². The first-order chi connectivity index (χ1) is 13.0. The lowest BCUT2D eigenvalue weighted by Gasteiger charge is -2.07. The molecule has 0 aliphatic carbocycles. The SMILES string of the molecule is N#CCCNS(=O)(=O)c1cccc(C(=O)Nc2nc(-c3ccc[nH]3)cs2)c1. The van der Waals surface area contributed by atoms with E-state index in [1.807, 2.05) is 18.2 Å². The van der Waals surface area contributed by atoms with Gasteiger partial charge in [0.1, 0.15) is 0 Å². The van der Waals surface area contributed by atoms with Crippen molar-refractivity contribution in [2.75, 3.05) is 11.9 Å². The molecule has 3 N–H and O–H groups in total. The number of carbonyl (C=O) groups is 1. The number of nitrogens with zero attached hydrogens (tertiary/aromatic N) is 2. The van der Waals surface area contributed by atoms with Crippen molar-refractivity contribution in [3.8, 4) is 17.5 Å². The van der Waals surface area contributed by atoms with Crippen LogP contribution in [-0.2, 0) is 10.0 Å². The highest BCUT2D eigenvalue weighted by atomic mass is 32.2. The fraction of sp³-hybridized carbons (Fsp3) is 0.118. The highest BCUT2D eigenvalue weighted by Crippen LogP contribution is 2.24. The molecule has 138 valence electrons. The molecule has 0 aliphatic heterocycles. The largest absolute Gasteiger partial charge is 0.360 e. The van der Waals surface area contributed by atoms with E-state index in [0.717, 1.165) is 5.69 Å². The lowest BCUT2D eigenvalue weighted by molar-refractivity contribution is 0.102. The van der Waals surface area contributed by atoms with Crippen molar-refractivity contribution in [3.63, 3.8) is 0 Å². The molecule has 0 spiro atoms. The number of thiazole rings is 1. The molecule has 0 fully saturated rings. The molecule has 2 aromatic heterocycles. The van der Waals surface area contributed by atoms with Crippen LogP contribution in [0.4, 0.5) is 5.13 Å². The standard InChI is InChI=1S/C17H15N5O3S2/c18-7-3-9-20-27(24,25)13-5-1-4-12(10-13)16(23)22-17-21-15(11-26-17)14-6-2-8-19-14/h1-2,4-6,8,10-11,19-20H,3,9H2,(H,21,22,23). The van der Waals surface area contributed by atoms with Crippen LogP contribution in [0, 0.1) is 11.3 Å². The predicted molar refractivity (Wildman–Crippen MR) is 102 cm³/mol. The summed E-state index contributed by atoms with van der Waals surface area (Å²) in [6.45, 7) is 0.00981. The number of H-pyrrole nitrogens is 1. The molecule has 1 amide bonds. The third kappa shape index (κ3) is 4.59. The monoisotopic (exact) mass is 401 g/mol. The molecule has 27 heavy (non-hydrogen) atoms. The van der Waals surface area contributed by atoms with Gasteiger partial charge in [-0.1, -0.05) is 6.07 Å². The number of sulfonamides is 1. The highest BCUT2D eigenvalue weighted by molar-refractivity contribution is 7.89. The Labute approximate surface area is 159 Å². The lowest BCUT2D eigenvalue weighted by Crippen LogP contribution is -2.25. The smallest absolute Gasteiger partial charge is 0.257 e. The zero-order valence-electron chi connectivity index (χ0n) is 14.0. The molecule has 0 aliphatic rings. The van der Waals surface area contributed by atoms with E-state index >= 15 is 0 Å². The molecule has 0 saturated heterocycles. The topological polar surface area (TPSA) is 128 Å². The van der Waals surface area contributed by atoms with Gasteiger partial charge < -0.3 is 4.98 Å². The number of hydrogen-bond donors (Lipinski definition) is 3. The Morgan fingerprint density at radius 2 is 2.15 bits per heavy atom. The van der Waals surface area contributed by atoms with Gasteiger partial charge in [-0.05, 0) is 30.3 Å². The van der Waals surface area contributed by atoms with Crippen LogP contribution in [-0.4, -0.2) is 30.8 Å². The first-order valence-corrected chi connectivity index (χ1v) is 10.2. The Morgan fingerprint density at radius 3 is 2.89 bits per heavy atom. The molecular formula is C17H15N5O3S2. The minimum atomic E-state index is -3.79. The van der Waals surface area contributed by atoms with Gasteiger partial charge in [0, 0.05) is 30.1 Å². The quantitative estimate of drug-likeness (QED) is 0.524. The summed E-state index contributed by atoms with van der Waals surface area (Å²) in [5, 5.41) is 13.4. The van der Waals surface area contributed by atoms with E-state index in [0.29, 0.717) is 10.8 Å². The Balaban J connectivity index is 1.73. The summed E-state index contributed by atoms with van der Waals surface area (Å²) in [6, 6.07) is 11.3. The third-order valence-electron chi connectivity index (χ3n) is 3.53. The Morgan fingerprint density at radius 1 is 1.30 bits per heavy atom. The van der Waals surface area contributed by atoms with Crippen LogP contribution in [0.25, 0.3) is 11.4 Å². The molecule has 0 radical (unpaired) electrons. The van der Waals surface area contributed by atoms with Crippen molar-refractivity contribution < 1.29 is 13.2 Å². The van der Waals surface area contributed by atoms with Crippen LogP contribution in [0.15, 0.2) is 52.9 Å². The molecule has 0 bridgehead atoms. The van der Waals surface area contributed by atoms with Gasteiger partial charge >= 0.3 is 0 Å². The fourth-order valence-electron chi connectivity index (χ4n) is 2.24. The maximum Gasteiger partial charge on any atom is 0.257 e. The van der Waals surface area contributed by atoms with Crippen molar-refractivity contribution in [2.24, 2.45) is 0 Å². The van der Waals surface area contributed by atoms with E-state index in [2.05, 4.69) is 20.0 Å². The lowest BCUT2D eigenvalue weighted by atomic mass is 10.2. The van der Waals surface area contributed by atoms with Crippen LogP contribution in [0.3, 0.4) is 0 Å². The minimum Gasteiger partial charge on any atom is -0.360 e. The summed E-state index contributed by atoms with van der Waals surface area (Å²) in [4.78, 5) is 19.8. The van der Waals surface area contributed by atoms with Crippen molar-refractivity contribution >= 4 is 32.4 Å². The van der Waals surface area contributed by atoms with E-state index in [9.17, 15) is 13.2 Å². The van der Waals surface area contributed by atoms with Crippen LogP contribution in [0.1, 0.15) is 16.8 Å². The fourth-order valence-corrected chi connectivity index (χ4v) is 4.03. The normalized spacial score (nSPS) is 11.1. The average Bonchev–Trinajstić information content (AvgIpc) is 3.33. The van der Waals surface area contributed by atoms with Gasteiger partial charge in [-0.25, -0.2) is 18.1 Å². The minimum absolute atomic E-state index is 0.00981. The number of benzene rings is 1. The first-order valence-electron chi connectivity index (χ1n) is 7.87. The van der Waals surface area contributed by atoms with Gasteiger partial charge in [0.2, 0.25) is 10.0 Å². The van der Waals surface area contributed by atoms with Gasteiger partial charge in [0.25, 0.3) is 5.91 Å². The predicted octanol–water partition coefficient (Wildman–Crippen LogP) is 2.58. The molecule has 10 heteroatoms. The van der Waals surface area contributed by atoms with Crippen LogP contribution in [0.5, 0.6) is 0 Å². The number of anilines is 1. The third-order valence-corrected chi connectivity index (χ3v) is 5.75. The van der Waals surface area contributed by atoms with E-state index in [4.69, 9.17) is 5.26 Å². The summed E-state index contributed by atoms with van der Waals surface area (Å²) in [7, 11) is -3.79. The van der Waals surface area contributed by atoms with E-state index in [-0.39, 0.29) is 23.4 Å². The molecule has 3 rings (SSSR count). The van der Waals surface area contributed by atoms with Crippen LogP contribution >= 0.6 is 11.3 Å². The summed E-state index contributed by atoms with van der Waals surface area (Å²) < 4.78 is 26.7. The van der Waals surface area contributed by atoms with Gasteiger partial charge in [0.05, 0.1) is 22.4 Å². The summed E-state index contributed by atoms with van der Waals surface area (Å²) in [5.74, 6) is -0.462. The molecule has 8 nitrogen and oxygen atoms in total. The van der Waals surface area contributed by atoms with Gasteiger partial charge in [0.15, 0.2) is 5.13 Å². The molecule has 0 saturated carbocycles. The number of rotatable bonds is 7. The van der Waals surface area contributed by atoms with Crippen molar-refractivity contribution in [3.05, 3.63) is 53.5 Å². The Hall–Kier alpha value is -3.00. The second-order valence-corrected chi connectivity index (χ2v) is 8.03. The number of hydrogen-bond acceptors (Lipinski definition) is 6. The zero-order valence-corrected chi connectivity index (χ0v) is 15.6. The number of nitrogens with one attached hydrogen (secondary N) is 3. The van der Waals surface area contributed by atoms with Gasteiger partial charge in [-0.3, -0.25) is 10.1 Å². The zero-order chi connectivity index (χ0) is 19.3. The maximum atomic E-state index is 12.4. The molecule has 3 aromatic rings. The Kier molecular flexibility index (Phi) is 5.66. The van der Waals surface area contributed by atoms with Crippen LogP contribution in [0.2, 0.25) is 0 Å². The number of amides is 1. The van der Waals surface area contributed by atoms with Crippen molar-refractivity contribution in [1.29, 1.82) is 5.26 Å². The number of carbonyl (C=O) groups excluding carboxylic acids is 1. The molecule has 1 aromatic carbocycles. The average molecular weight is 401 g/mol. The highest BCUT2D eigenvalue weighted by Gasteiger charge is 2.16. The van der Waals surface area contributed by atoms with Crippen molar-refractivity contribution in [1.82, 2.24) is 14.7 Å². The summed E-state index contributed by atoms with van der Waals surface area (Å²) in [6.07, 6.45) is 1.84. The Bertz CT molecular complexity index is 1080. The van der Waals surface area contributed by atoms with Crippen molar-refractivity contribution in [2.45, 2.75) is 11.3 Å². The summed E-state index contributed by atoms with van der Waals surface area (Å²) in [5.41, 5.74) is 1.73.